The van der Waals surface area contributed by atoms with Gasteiger partial charge in [-0.25, -0.2) is 0 Å². The molecular formula is C17H22N2. The zero-order valence-corrected chi connectivity index (χ0v) is 12.0. The molecule has 2 heteroatoms. The molecule has 1 unspecified atom stereocenters. The Labute approximate surface area is 115 Å². The van der Waals surface area contributed by atoms with E-state index in [1.54, 1.807) is 0 Å². The highest BCUT2D eigenvalue weighted by atomic mass is 14.9. The molecule has 0 radical (unpaired) electrons. The smallest absolute Gasteiger partial charge is 0.0542 e. The van der Waals surface area contributed by atoms with Crippen LogP contribution in [0.25, 0.3) is 0 Å². The summed E-state index contributed by atoms with van der Waals surface area (Å²) in [5.41, 5.74) is 5.00. The highest BCUT2D eigenvalue weighted by Gasteiger charge is 2.05. The third-order valence-corrected chi connectivity index (χ3v) is 3.45. The topological polar surface area (TPSA) is 24.9 Å². The van der Waals surface area contributed by atoms with E-state index in [0.29, 0.717) is 6.04 Å². The maximum atomic E-state index is 4.41. The van der Waals surface area contributed by atoms with Gasteiger partial charge in [-0.3, -0.25) is 4.98 Å². The van der Waals surface area contributed by atoms with Crippen molar-refractivity contribution in [3.63, 3.8) is 0 Å². The number of aryl methyl sites for hydroxylation is 2. The number of nitrogens with zero attached hydrogens (tertiary/aromatic N) is 1. The number of hydrogen-bond acceptors (Lipinski definition) is 2. The molecule has 0 aliphatic rings. The van der Waals surface area contributed by atoms with Gasteiger partial charge in [0.2, 0.25) is 0 Å². The fourth-order valence-electron chi connectivity index (χ4n) is 2.02. The van der Waals surface area contributed by atoms with Crippen LogP contribution in [0.3, 0.4) is 0 Å². The van der Waals surface area contributed by atoms with Crippen molar-refractivity contribution in [1.29, 1.82) is 0 Å². The third kappa shape index (κ3) is 3.90. The lowest BCUT2D eigenvalue weighted by Gasteiger charge is -2.14. The summed E-state index contributed by atoms with van der Waals surface area (Å²) >= 11 is 0. The molecule has 1 N–H and O–H groups in total. The standard InChI is InChI=1S/C17H22N2/c1-4-15-6-8-16(9-7-15)14(3)18-12-17-10-5-13(2)11-19-17/h5-11,14,18H,4,12H2,1-3H3. The van der Waals surface area contributed by atoms with Crippen molar-refractivity contribution >= 4 is 0 Å². The fraction of sp³-hybridized carbons (Fsp3) is 0.353. The summed E-state index contributed by atoms with van der Waals surface area (Å²) in [4.78, 5) is 4.41. The zero-order chi connectivity index (χ0) is 13.7. The van der Waals surface area contributed by atoms with Crippen LogP contribution in [0.4, 0.5) is 0 Å². The summed E-state index contributed by atoms with van der Waals surface area (Å²) in [5.74, 6) is 0. The summed E-state index contributed by atoms with van der Waals surface area (Å²) in [6, 6.07) is 13.3. The molecule has 1 aromatic heterocycles. The van der Waals surface area contributed by atoms with E-state index in [-0.39, 0.29) is 0 Å². The minimum Gasteiger partial charge on any atom is -0.305 e. The summed E-state index contributed by atoms with van der Waals surface area (Å²) < 4.78 is 0. The van der Waals surface area contributed by atoms with Crippen molar-refractivity contribution in [1.82, 2.24) is 10.3 Å². The quantitative estimate of drug-likeness (QED) is 0.877. The monoisotopic (exact) mass is 254 g/mol. The molecule has 0 fully saturated rings. The average Bonchev–Trinajstić information content (AvgIpc) is 2.46. The van der Waals surface area contributed by atoms with Crippen molar-refractivity contribution in [3.05, 3.63) is 65.0 Å². The van der Waals surface area contributed by atoms with Gasteiger partial charge in [0.1, 0.15) is 0 Å². The van der Waals surface area contributed by atoms with E-state index in [2.05, 4.69) is 67.5 Å². The summed E-state index contributed by atoms with van der Waals surface area (Å²) in [6.45, 7) is 7.23. The molecule has 0 amide bonds. The number of rotatable bonds is 5. The number of pyridine rings is 1. The van der Waals surface area contributed by atoms with E-state index in [0.717, 1.165) is 18.7 Å². The highest BCUT2D eigenvalue weighted by molar-refractivity contribution is 5.24. The molecular weight excluding hydrogens is 232 g/mol. The molecule has 0 saturated heterocycles. The van der Waals surface area contributed by atoms with Crippen LogP contribution < -0.4 is 5.32 Å². The van der Waals surface area contributed by atoms with Crippen LogP contribution in [0.15, 0.2) is 42.6 Å². The molecule has 1 atom stereocenters. The molecule has 0 bridgehead atoms. The van der Waals surface area contributed by atoms with Gasteiger partial charge >= 0.3 is 0 Å². The maximum absolute atomic E-state index is 4.41. The molecule has 2 rings (SSSR count). The van der Waals surface area contributed by atoms with E-state index >= 15 is 0 Å². The maximum Gasteiger partial charge on any atom is 0.0542 e. The van der Waals surface area contributed by atoms with Gasteiger partial charge in [0.15, 0.2) is 0 Å². The highest BCUT2D eigenvalue weighted by Crippen LogP contribution is 2.14. The van der Waals surface area contributed by atoms with Crippen LogP contribution in [-0.2, 0) is 13.0 Å². The zero-order valence-electron chi connectivity index (χ0n) is 12.0. The van der Waals surface area contributed by atoms with Gasteiger partial charge in [-0.05, 0) is 43.0 Å². The van der Waals surface area contributed by atoms with E-state index < -0.39 is 0 Å². The normalized spacial score (nSPS) is 12.4. The summed E-state index contributed by atoms with van der Waals surface area (Å²) in [7, 11) is 0. The first-order valence-electron chi connectivity index (χ1n) is 6.92. The van der Waals surface area contributed by atoms with Crippen molar-refractivity contribution < 1.29 is 0 Å². The van der Waals surface area contributed by atoms with Crippen LogP contribution in [-0.4, -0.2) is 4.98 Å². The van der Waals surface area contributed by atoms with Gasteiger partial charge in [-0.1, -0.05) is 37.3 Å². The van der Waals surface area contributed by atoms with Crippen molar-refractivity contribution in [2.24, 2.45) is 0 Å². The Hall–Kier alpha value is -1.67. The predicted molar refractivity (Wildman–Crippen MR) is 80.0 cm³/mol. The molecule has 100 valence electrons. The second-order valence-electron chi connectivity index (χ2n) is 5.02. The van der Waals surface area contributed by atoms with Crippen LogP contribution in [0, 0.1) is 6.92 Å². The molecule has 1 aromatic carbocycles. The van der Waals surface area contributed by atoms with Gasteiger partial charge in [0.25, 0.3) is 0 Å². The first kappa shape index (κ1) is 13.8. The molecule has 0 aliphatic heterocycles. The summed E-state index contributed by atoms with van der Waals surface area (Å²) in [5, 5.41) is 3.51. The average molecular weight is 254 g/mol. The van der Waals surface area contributed by atoms with Gasteiger partial charge < -0.3 is 5.32 Å². The van der Waals surface area contributed by atoms with E-state index in [1.807, 2.05) is 6.20 Å². The van der Waals surface area contributed by atoms with Crippen LogP contribution in [0.2, 0.25) is 0 Å². The predicted octanol–water partition coefficient (Wildman–Crippen LogP) is 3.80. The Balaban J connectivity index is 1.93. The molecule has 2 aromatic rings. The van der Waals surface area contributed by atoms with Gasteiger partial charge in [-0.15, -0.1) is 0 Å². The largest absolute Gasteiger partial charge is 0.305 e. The number of hydrogen-bond donors (Lipinski definition) is 1. The lowest BCUT2D eigenvalue weighted by molar-refractivity contribution is 0.567. The second kappa shape index (κ2) is 6.48. The lowest BCUT2D eigenvalue weighted by Crippen LogP contribution is -2.18. The Morgan fingerprint density at radius 2 is 1.84 bits per heavy atom. The number of aromatic nitrogens is 1. The van der Waals surface area contributed by atoms with Crippen LogP contribution in [0.5, 0.6) is 0 Å². The molecule has 1 heterocycles. The minimum atomic E-state index is 0.342. The number of nitrogens with one attached hydrogen (secondary N) is 1. The van der Waals surface area contributed by atoms with E-state index in [1.165, 1.54) is 16.7 Å². The Morgan fingerprint density at radius 1 is 1.11 bits per heavy atom. The van der Waals surface area contributed by atoms with Gasteiger partial charge in [0.05, 0.1) is 5.69 Å². The molecule has 0 aliphatic carbocycles. The SMILES string of the molecule is CCc1ccc(C(C)NCc2ccc(C)cn2)cc1. The first-order valence-corrected chi connectivity index (χ1v) is 6.92. The Morgan fingerprint density at radius 3 is 2.42 bits per heavy atom. The van der Waals surface area contributed by atoms with Crippen molar-refractivity contribution in [3.8, 4) is 0 Å². The van der Waals surface area contributed by atoms with Crippen molar-refractivity contribution in [2.75, 3.05) is 0 Å². The molecule has 2 nitrogen and oxygen atoms in total. The van der Waals surface area contributed by atoms with E-state index in [9.17, 15) is 0 Å². The lowest BCUT2D eigenvalue weighted by atomic mass is 10.0. The molecule has 0 saturated carbocycles. The second-order valence-corrected chi connectivity index (χ2v) is 5.02. The van der Waals surface area contributed by atoms with Gasteiger partial charge in [-0.2, -0.15) is 0 Å². The minimum absolute atomic E-state index is 0.342. The van der Waals surface area contributed by atoms with Crippen LogP contribution in [0.1, 0.15) is 42.3 Å². The van der Waals surface area contributed by atoms with Crippen LogP contribution >= 0.6 is 0 Å². The summed E-state index contributed by atoms with van der Waals surface area (Å²) in [6.07, 6.45) is 3.01. The van der Waals surface area contributed by atoms with E-state index in [4.69, 9.17) is 0 Å². The fourth-order valence-corrected chi connectivity index (χ4v) is 2.02. The van der Waals surface area contributed by atoms with Gasteiger partial charge in [0, 0.05) is 18.8 Å². The molecule has 0 spiro atoms. The Bertz CT molecular complexity index is 500. The molecule has 19 heavy (non-hydrogen) atoms. The van der Waals surface area contributed by atoms with Crippen molar-refractivity contribution in [2.45, 2.75) is 39.8 Å². The third-order valence-electron chi connectivity index (χ3n) is 3.45. The Kier molecular flexibility index (Phi) is 4.69. The number of benzene rings is 1. The first-order chi connectivity index (χ1) is 9.19.